The SMILES string of the molecule is [B]1N2CCN3[B]N(CC3)c3cccc(n3)C3(c4cccc(n4)N1CC2)c1ccccc1-c1ccccc13. The normalized spacial score (nSPS) is 22.5. The Morgan fingerprint density at radius 1 is 0.514 bits per heavy atom. The minimum absolute atomic E-state index is 0.599. The summed E-state index contributed by atoms with van der Waals surface area (Å²) in [6.45, 7) is 5.92. The molecule has 1 aliphatic carbocycles. The second-order valence-corrected chi connectivity index (χ2v) is 10.3. The van der Waals surface area contributed by atoms with E-state index in [2.05, 4.69) is 119 Å². The zero-order chi connectivity index (χ0) is 24.4. The number of hydrogen-bond donors (Lipinski definition) is 0. The molecule has 8 heteroatoms. The molecule has 0 N–H and O–H groups in total. The first-order chi connectivity index (χ1) is 18.3. The first-order valence-corrected chi connectivity index (χ1v) is 13.2. The number of nitrogens with zero attached hydrogens (tertiary/aromatic N) is 6. The van der Waals surface area contributed by atoms with Crippen LogP contribution in [0.25, 0.3) is 11.1 Å². The summed E-state index contributed by atoms with van der Waals surface area (Å²) in [5, 5.41) is 0. The molecular formula is C29H26B2N6. The minimum atomic E-state index is -0.599. The van der Waals surface area contributed by atoms with Crippen molar-refractivity contribution in [2.75, 3.05) is 48.9 Å². The van der Waals surface area contributed by atoms with Crippen molar-refractivity contribution in [2.45, 2.75) is 5.41 Å². The molecule has 2 aromatic carbocycles. The highest BCUT2D eigenvalue weighted by atomic mass is 15.3. The molecule has 8 rings (SSSR count). The third kappa shape index (κ3) is 3.15. The molecule has 37 heavy (non-hydrogen) atoms. The maximum Gasteiger partial charge on any atom is 0.353 e. The molecule has 1 spiro atoms. The van der Waals surface area contributed by atoms with Crippen molar-refractivity contribution in [3.8, 4) is 11.1 Å². The second kappa shape index (κ2) is 8.20. The molecule has 4 aliphatic rings. The summed E-state index contributed by atoms with van der Waals surface area (Å²) in [6.07, 6.45) is 0. The van der Waals surface area contributed by atoms with E-state index in [9.17, 15) is 0 Å². The summed E-state index contributed by atoms with van der Waals surface area (Å²) >= 11 is 0. The van der Waals surface area contributed by atoms with Gasteiger partial charge < -0.3 is 19.2 Å². The highest BCUT2D eigenvalue weighted by Crippen LogP contribution is 2.55. The average molecular weight is 480 g/mol. The molecule has 178 valence electrons. The number of rotatable bonds is 0. The minimum Gasteiger partial charge on any atom is -0.388 e. The molecule has 2 radical (unpaired) electrons. The van der Waals surface area contributed by atoms with Gasteiger partial charge in [0.2, 0.25) is 0 Å². The maximum absolute atomic E-state index is 5.39. The Morgan fingerprint density at radius 3 is 1.49 bits per heavy atom. The van der Waals surface area contributed by atoms with E-state index in [1.54, 1.807) is 0 Å². The first-order valence-electron chi connectivity index (χ1n) is 13.2. The van der Waals surface area contributed by atoms with Crippen LogP contribution < -0.4 is 9.62 Å². The Bertz CT molecular complexity index is 1400. The van der Waals surface area contributed by atoms with E-state index in [4.69, 9.17) is 9.97 Å². The van der Waals surface area contributed by atoms with Gasteiger partial charge in [0.1, 0.15) is 17.1 Å². The fraction of sp³-hybridized carbons (Fsp3) is 0.241. The van der Waals surface area contributed by atoms with E-state index in [0.29, 0.717) is 0 Å². The van der Waals surface area contributed by atoms with E-state index in [1.807, 2.05) is 0 Å². The summed E-state index contributed by atoms with van der Waals surface area (Å²) in [5.74, 6) is 1.98. The van der Waals surface area contributed by atoms with Crippen LogP contribution in [0.1, 0.15) is 22.5 Å². The molecule has 0 saturated carbocycles. The Balaban J connectivity index is 1.43. The molecule has 2 unspecified atom stereocenters. The monoisotopic (exact) mass is 480 g/mol. The van der Waals surface area contributed by atoms with Crippen LogP contribution in [-0.4, -0.2) is 74.0 Å². The molecular weight excluding hydrogens is 454 g/mol. The van der Waals surface area contributed by atoms with Crippen LogP contribution in [0, 0.1) is 0 Å². The number of aromatic nitrogens is 2. The van der Waals surface area contributed by atoms with Crippen molar-refractivity contribution in [2.24, 2.45) is 0 Å². The summed E-state index contributed by atoms with van der Waals surface area (Å²) < 4.78 is 0. The zero-order valence-corrected chi connectivity index (χ0v) is 20.7. The molecule has 2 fully saturated rings. The maximum atomic E-state index is 5.39. The Kier molecular flexibility index (Phi) is 4.76. The smallest absolute Gasteiger partial charge is 0.353 e. The lowest BCUT2D eigenvalue weighted by molar-refractivity contribution is 0.398. The molecule has 2 atom stereocenters. The summed E-state index contributed by atoms with van der Waals surface area (Å²) in [7, 11) is 4.50. The Labute approximate surface area is 219 Å². The third-order valence-electron chi connectivity index (χ3n) is 8.31. The number of fused-ring (bicyclic) bond motifs is 17. The lowest BCUT2D eigenvalue weighted by atomic mass is 9.72. The quantitative estimate of drug-likeness (QED) is 0.318. The molecule has 2 aromatic heterocycles. The summed E-state index contributed by atoms with van der Waals surface area (Å²) in [6, 6.07) is 30.5. The van der Waals surface area contributed by atoms with Gasteiger partial charge in [-0.3, -0.25) is 0 Å². The van der Waals surface area contributed by atoms with Crippen molar-refractivity contribution >= 4 is 26.7 Å². The van der Waals surface area contributed by atoms with E-state index < -0.39 is 5.41 Å². The van der Waals surface area contributed by atoms with Gasteiger partial charge in [0.15, 0.2) is 0 Å². The standard InChI is InChI=1S/C29H26B2N6/c1-3-9-23-21(7-1)22-8-2-4-10-24(22)29(23)25-11-5-13-27(32-25)36-19-17-34(30-36)15-16-35-18-20-37(31-35)28-14-6-12-26(29)33-28/h1-14H,15-20H2. The van der Waals surface area contributed by atoms with E-state index in [1.165, 1.54) is 22.3 Å². The number of anilines is 2. The van der Waals surface area contributed by atoms with Crippen LogP contribution in [-0.2, 0) is 5.41 Å². The van der Waals surface area contributed by atoms with Gasteiger partial charge in [0.25, 0.3) is 0 Å². The molecule has 0 amide bonds. The molecule has 2 saturated heterocycles. The summed E-state index contributed by atoms with van der Waals surface area (Å²) in [4.78, 5) is 20.2. The fourth-order valence-corrected chi connectivity index (χ4v) is 6.54. The van der Waals surface area contributed by atoms with Crippen LogP contribution in [0.5, 0.6) is 0 Å². The van der Waals surface area contributed by atoms with Crippen LogP contribution in [0.3, 0.4) is 0 Å². The predicted molar refractivity (Wildman–Crippen MR) is 149 cm³/mol. The largest absolute Gasteiger partial charge is 0.388 e. The van der Waals surface area contributed by atoms with Crippen molar-refractivity contribution in [1.82, 2.24) is 19.6 Å². The number of pyridine rings is 2. The predicted octanol–water partition coefficient (Wildman–Crippen LogP) is 3.17. The van der Waals surface area contributed by atoms with Crippen LogP contribution in [0.15, 0.2) is 84.9 Å². The summed E-state index contributed by atoms with van der Waals surface area (Å²) in [5.41, 5.74) is 6.43. The van der Waals surface area contributed by atoms with Crippen molar-refractivity contribution in [3.63, 3.8) is 0 Å². The highest BCUT2D eigenvalue weighted by Gasteiger charge is 2.48. The van der Waals surface area contributed by atoms with Gasteiger partial charge in [-0.2, -0.15) is 0 Å². The van der Waals surface area contributed by atoms with Gasteiger partial charge >= 0.3 is 15.1 Å². The number of benzene rings is 2. The van der Waals surface area contributed by atoms with Gasteiger partial charge in [-0.05, 0) is 46.5 Å². The first kappa shape index (κ1) is 21.5. The third-order valence-corrected chi connectivity index (χ3v) is 8.31. The van der Waals surface area contributed by atoms with Gasteiger partial charge in [-0.15, -0.1) is 0 Å². The Hall–Kier alpha value is -3.61. The van der Waals surface area contributed by atoms with Gasteiger partial charge in [-0.25, -0.2) is 9.97 Å². The molecule has 4 aromatic rings. The van der Waals surface area contributed by atoms with Gasteiger partial charge in [0.05, 0.1) is 11.4 Å². The molecule has 6 nitrogen and oxygen atoms in total. The topological polar surface area (TPSA) is 38.7 Å². The van der Waals surface area contributed by atoms with Crippen molar-refractivity contribution < 1.29 is 0 Å². The van der Waals surface area contributed by atoms with E-state index >= 15 is 0 Å². The van der Waals surface area contributed by atoms with Gasteiger partial charge in [0, 0.05) is 39.3 Å². The average Bonchev–Trinajstić information content (AvgIpc) is 3.69. The zero-order valence-electron chi connectivity index (χ0n) is 20.7. The molecule has 5 heterocycles. The van der Waals surface area contributed by atoms with Crippen LogP contribution >= 0.6 is 0 Å². The number of hydrogen-bond acceptors (Lipinski definition) is 6. The van der Waals surface area contributed by atoms with Gasteiger partial charge in [-0.1, -0.05) is 60.7 Å². The van der Waals surface area contributed by atoms with Crippen molar-refractivity contribution in [1.29, 1.82) is 0 Å². The lowest BCUT2D eigenvalue weighted by Crippen LogP contribution is -2.38. The molecule has 3 aliphatic heterocycles. The second-order valence-electron chi connectivity index (χ2n) is 10.3. The van der Waals surface area contributed by atoms with E-state index in [-0.39, 0.29) is 0 Å². The highest BCUT2D eigenvalue weighted by molar-refractivity contribution is 6.40. The Morgan fingerprint density at radius 2 is 0.973 bits per heavy atom. The van der Waals surface area contributed by atoms with Crippen molar-refractivity contribution in [3.05, 3.63) is 107 Å². The van der Waals surface area contributed by atoms with Crippen LogP contribution in [0.4, 0.5) is 11.6 Å². The lowest BCUT2D eigenvalue weighted by Gasteiger charge is -2.33. The fourth-order valence-electron chi connectivity index (χ4n) is 6.54. The van der Waals surface area contributed by atoms with Crippen LogP contribution in [0.2, 0.25) is 0 Å². The van der Waals surface area contributed by atoms with E-state index in [0.717, 1.165) is 62.3 Å². The molecule has 8 bridgehead atoms.